The van der Waals surface area contributed by atoms with Crippen LogP contribution < -0.4 is 10.6 Å². The van der Waals surface area contributed by atoms with E-state index in [-0.39, 0.29) is 16.3 Å². The van der Waals surface area contributed by atoms with Gasteiger partial charge in [0, 0.05) is 43.9 Å². The Morgan fingerprint density at radius 3 is 2.71 bits per heavy atom. The average Bonchev–Trinajstić information content (AvgIpc) is 3.18. The van der Waals surface area contributed by atoms with Gasteiger partial charge in [0.05, 0.1) is 10.0 Å². The monoisotopic (exact) mass is 480 g/mol. The van der Waals surface area contributed by atoms with Crippen LogP contribution in [-0.2, 0) is 10.0 Å². The van der Waals surface area contributed by atoms with E-state index in [1.807, 2.05) is 0 Å². The number of thiophene rings is 1. The zero-order chi connectivity index (χ0) is 20.1. The molecule has 1 saturated heterocycles. The van der Waals surface area contributed by atoms with E-state index in [4.69, 9.17) is 23.2 Å². The van der Waals surface area contributed by atoms with E-state index >= 15 is 0 Å². The molecule has 28 heavy (non-hydrogen) atoms. The van der Waals surface area contributed by atoms with Crippen molar-refractivity contribution >= 4 is 68.0 Å². The molecule has 1 aliphatic heterocycles. The molecule has 0 atom stereocenters. The Morgan fingerprint density at radius 1 is 1.25 bits per heavy atom. The lowest BCUT2D eigenvalue weighted by molar-refractivity contribution is 0.0956. The number of sulfonamides is 1. The van der Waals surface area contributed by atoms with E-state index in [0.29, 0.717) is 35.5 Å². The van der Waals surface area contributed by atoms with Gasteiger partial charge in [-0.25, -0.2) is 13.4 Å². The topological polar surface area (TPSA) is 91.4 Å². The van der Waals surface area contributed by atoms with Crippen LogP contribution in [0.1, 0.15) is 9.67 Å². The van der Waals surface area contributed by atoms with E-state index in [9.17, 15) is 13.2 Å². The second-order valence-electron chi connectivity index (χ2n) is 5.80. The van der Waals surface area contributed by atoms with Gasteiger partial charge < -0.3 is 10.6 Å². The Bertz CT molecular complexity index is 946. The molecule has 12 heteroatoms. The smallest absolute Gasteiger partial charge is 0.262 e. The van der Waals surface area contributed by atoms with Crippen LogP contribution in [0.5, 0.6) is 0 Å². The van der Waals surface area contributed by atoms with Gasteiger partial charge in [-0.15, -0.1) is 11.3 Å². The summed E-state index contributed by atoms with van der Waals surface area (Å²) in [5.74, 6) is 1.56. The summed E-state index contributed by atoms with van der Waals surface area (Å²) in [6.07, 6.45) is 1.47. The molecule has 1 fully saturated rings. The number of hydrogen-bond donors (Lipinski definition) is 2. The Morgan fingerprint density at radius 2 is 2.00 bits per heavy atom. The summed E-state index contributed by atoms with van der Waals surface area (Å²) in [5, 5.41) is 8.16. The van der Waals surface area contributed by atoms with Crippen molar-refractivity contribution in [2.45, 2.75) is 4.90 Å². The fourth-order valence-electron chi connectivity index (χ4n) is 2.57. The van der Waals surface area contributed by atoms with Crippen LogP contribution in [0, 0.1) is 0 Å². The quantitative estimate of drug-likeness (QED) is 0.591. The van der Waals surface area contributed by atoms with Gasteiger partial charge in [-0.1, -0.05) is 23.2 Å². The molecule has 0 radical (unpaired) electrons. The van der Waals surface area contributed by atoms with Crippen LogP contribution in [0.25, 0.3) is 0 Å². The Balaban J connectivity index is 1.59. The summed E-state index contributed by atoms with van der Waals surface area (Å²) >= 11 is 14.7. The largest absolute Gasteiger partial charge is 0.367 e. The van der Waals surface area contributed by atoms with Gasteiger partial charge >= 0.3 is 0 Å². The van der Waals surface area contributed by atoms with E-state index in [1.54, 1.807) is 23.2 Å². The Hall–Kier alpha value is -1.04. The molecule has 0 bridgehead atoms. The van der Waals surface area contributed by atoms with E-state index in [2.05, 4.69) is 15.6 Å². The molecule has 0 unspecified atom stereocenters. The molecule has 7 nitrogen and oxygen atoms in total. The third kappa shape index (κ3) is 5.11. The van der Waals surface area contributed by atoms with Crippen LogP contribution in [-0.4, -0.2) is 61.3 Å². The zero-order valence-corrected chi connectivity index (χ0v) is 18.6. The number of thioether (sulfide) groups is 1. The molecule has 0 aromatic carbocycles. The van der Waals surface area contributed by atoms with Crippen molar-refractivity contribution in [3.63, 3.8) is 0 Å². The lowest BCUT2D eigenvalue weighted by Gasteiger charge is -2.25. The molecular weight excluding hydrogens is 463 g/mol. The van der Waals surface area contributed by atoms with Gasteiger partial charge in [0.25, 0.3) is 5.91 Å². The first kappa shape index (κ1) is 21.7. The van der Waals surface area contributed by atoms with Crippen molar-refractivity contribution < 1.29 is 13.2 Å². The third-order valence-corrected chi connectivity index (χ3v) is 8.35. The van der Waals surface area contributed by atoms with Crippen molar-refractivity contribution in [3.05, 3.63) is 38.6 Å². The van der Waals surface area contributed by atoms with E-state index in [0.717, 1.165) is 22.8 Å². The second-order valence-corrected chi connectivity index (χ2v) is 10.7. The summed E-state index contributed by atoms with van der Waals surface area (Å²) < 4.78 is 27.1. The minimum atomic E-state index is -3.66. The molecule has 0 spiro atoms. The lowest BCUT2D eigenvalue weighted by atomic mass is 10.4. The first-order valence-electron chi connectivity index (χ1n) is 8.38. The van der Waals surface area contributed by atoms with Crippen molar-refractivity contribution in [1.29, 1.82) is 0 Å². The molecule has 1 aliphatic rings. The van der Waals surface area contributed by atoms with Crippen LogP contribution in [0.3, 0.4) is 0 Å². The van der Waals surface area contributed by atoms with Gasteiger partial charge in [0.2, 0.25) is 10.0 Å². The van der Waals surface area contributed by atoms with Gasteiger partial charge in [0.15, 0.2) is 0 Å². The average molecular weight is 481 g/mol. The normalized spacial score (nSPS) is 15.4. The molecule has 2 aromatic rings. The van der Waals surface area contributed by atoms with Crippen molar-refractivity contribution in [1.82, 2.24) is 14.6 Å². The first-order valence-corrected chi connectivity index (χ1v) is 12.6. The predicted molar refractivity (Wildman–Crippen MR) is 115 cm³/mol. The highest BCUT2D eigenvalue weighted by Gasteiger charge is 2.31. The Labute approximate surface area is 181 Å². The van der Waals surface area contributed by atoms with Crippen LogP contribution >= 0.6 is 46.3 Å². The first-order chi connectivity index (χ1) is 13.4. The lowest BCUT2D eigenvalue weighted by Crippen LogP contribution is -2.38. The van der Waals surface area contributed by atoms with Crippen molar-refractivity contribution in [3.8, 4) is 0 Å². The summed E-state index contributed by atoms with van der Waals surface area (Å²) in [5.41, 5.74) is 0. The highest BCUT2D eigenvalue weighted by atomic mass is 35.5. The number of anilines is 1. The standard InChI is InChI=1S/C16H18Cl2N4O3S3/c17-11-9-12(18)15(21-10-11)19-2-3-20-16(23)14-13(1-6-27-14)28(24,25)22-4-7-26-8-5-22/h1,6,9-10H,2-5,7-8H2,(H,19,21)(H,20,23). The molecule has 3 rings (SSSR count). The van der Waals surface area contributed by atoms with Gasteiger partial charge in [-0.3, -0.25) is 4.79 Å². The minimum absolute atomic E-state index is 0.0669. The summed E-state index contributed by atoms with van der Waals surface area (Å²) in [7, 11) is -3.66. The number of carbonyl (C=O) groups excluding carboxylic acids is 1. The molecule has 0 aliphatic carbocycles. The van der Waals surface area contributed by atoms with E-state index in [1.165, 1.54) is 16.6 Å². The van der Waals surface area contributed by atoms with Gasteiger partial charge in [-0.05, 0) is 17.5 Å². The summed E-state index contributed by atoms with van der Waals surface area (Å²) in [4.78, 5) is 16.8. The molecule has 2 aromatic heterocycles. The highest BCUT2D eigenvalue weighted by molar-refractivity contribution is 7.99. The molecule has 152 valence electrons. The fraction of sp³-hybridized carbons (Fsp3) is 0.375. The highest BCUT2D eigenvalue weighted by Crippen LogP contribution is 2.27. The maximum absolute atomic E-state index is 12.9. The number of rotatable bonds is 7. The molecule has 0 saturated carbocycles. The maximum atomic E-state index is 12.9. The Kier molecular flexibility index (Phi) is 7.46. The third-order valence-electron chi connectivity index (χ3n) is 3.93. The van der Waals surface area contributed by atoms with Gasteiger partial charge in [-0.2, -0.15) is 16.1 Å². The fourth-order valence-corrected chi connectivity index (χ4v) is 6.91. The number of amides is 1. The zero-order valence-electron chi connectivity index (χ0n) is 14.7. The number of carbonyl (C=O) groups is 1. The number of aromatic nitrogens is 1. The number of nitrogens with one attached hydrogen (secondary N) is 2. The number of nitrogens with zero attached hydrogens (tertiary/aromatic N) is 2. The van der Waals surface area contributed by atoms with E-state index < -0.39 is 15.9 Å². The minimum Gasteiger partial charge on any atom is -0.367 e. The maximum Gasteiger partial charge on any atom is 0.262 e. The predicted octanol–water partition coefficient (Wildman–Crippen LogP) is 3.03. The summed E-state index contributed by atoms with van der Waals surface area (Å²) in [6, 6.07) is 3.06. The van der Waals surface area contributed by atoms with Crippen LogP contribution in [0.15, 0.2) is 28.6 Å². The molecular formula is C16H18Cl2N4O3S3. The second kappa shape index (κ2) is 9.64. The number of pyridine rings is 1. The van der Waals surface area contributed by atoms with Crippen molar-refractivity contribution in [2.75, 3.05) is 43.0 Å². The molecule has 2 N–H and O–H groups in total. The molecule has 1 amide bonds. The van der Waals surface area contributed by atoms with Gasteiger partial charge in [0.1, 0.15) is 15.6 Å². The van der Waals surface area contributed by atoms with Crippen molar-refractivity contribution in [2.24, 2.45) is 0 Å². The molecule has 3 heterocycles. The van der Waals surface area contributed by atoms with Crippen LogP contribution in [0.2, 0.25) is 10.0 Å². The SMILES string of the molecule is O=C(NCCNc1ncc(Cl)cc1Cl)c1sccc1S(=O)(=O)N1CCSCC1. The number of halogens is 2. The summed E-state index contributed by atoms with van der Waals surface area (Å²) in [6.45, 7) is 1.57. The number of hydrogen-bond acceptors (Lipinski definition) is 7. The van der Waals surface area contributed by atoms with Crippen LogP contribution in [0.4, 0.5) is 5.82 Å².